The highest BCUT2D eigenvalue weighted by atomic mass is 127. The molecular formula is C13H17IN2S. The fraction of sp³-hybridized carbons (Fsp3) is 0.462. The molecule has 0 aliphatic carbocycles. The van der Waals surface area contributed by atoms with Crippen LogP contribution >= 0.6 is 34.8 Å². The Labute approximate surface area is 121 Å². The number of fused-ring (bicyclic) bond motifs is 1. The number of hydrogen-bond acceptors (Lipinski definition) is 1. The number of nitrogens with one attached hydrogen (secondary N) is 1. The minimum Gasteiger partial charge on any atom is -0.331 e. The molecule has 0 spiro atoms. The number of benzene rings is 1. The van der Waals surface area contributed by atoms with Crippen molar-refractivity contribution in [2.45, 2.75) is 39.2 Å². The molecular weight excluding hydrogens is 343 g/mol. The lowest BCUT2D eigenvalue weighted by molar-refractivity contribution is 0.587. The summed E-state index contributed by atoms with van der Waals surface area (Å²) in [6.07, 6.45) is 5.08. The molecule has 1 aromatic carbocycles. The van der Waals surface area contributed by atoms with Crippen molar-refractivity contribution in [2.24, 2.45) is 0 Å². The van der Waals surface area contributed by atoms with Crippen LogP contribution in [0.5, 0.6) is 0 Å². The number of hydrogen-bond donors (Lipinski definition) is 1. The zero-order valence-electron chi connectivity index (χ0n) is 10.0. The largest absolute Gasteiger partial charge is 0.331 e. The highest BCUT2D eigenvalue weighted by Crippen LogP contribution is 2.18. The number of aromatic nitrogens is 2. The summed E-state index contributed by atoms with van der Waals surface area (Å²) in [6, 6.07) is 6.44. The Kier molecular flexibility index (Phi) is 4.62. The van der Waals surface area contributed by atoms with Crippen LogP contribution in [0.2, 0.25) is 0 Å². The van der Waals surface area contributed by atoms with Crippen molar-refractivity contribution >= 4 is 45.8 Å². The number of unbranched alkanes of at least 4 members (excludes halogenated alkanes) is 3. The van der Waals surface area contributed by atoms with Crippen LogP contribution in [0.1, 0.15) is 32.6 Å². The molecule has 2 rings (SSSR count). The Morgan fingerprint density at radius 2 is 2.12 bits per heavy atom. The van der Waals surface area contributed by atoms with Crippen molar-refractivity contribution in [2.75, 3.05) is 0 Å². The Morgan fingerprint density at radius 1 is 1.29 bits per heavy atom. The molecule has 0 saturated carbocycles. The van der Waals surface area contributed by atoms with Gasteiger partial charge in [0.2, 0.25) is 0 Å². The van der Waals surface area contributed by atoms with Crippen LogP contribution < -0.4 is 0 Å². The average Bonchev–Trinajstić information content (AvgIpc) is 2.60. The van der Waals surface area contributed by atoms with Gasteiger partial charge in [-0.1, -0.05) is 26.2 Å². The average molecular weight is 360 g/mol. The van der Waals surface area contributed by atoms with Gasteiger partial charge >= 0.3 is 0 Å². The maximum Gasteiger partial charge on any atom is 0.178 e. The van der Waals surface area contributed by atoms with E-state index in [1.165, 1.54) is 34.8 Å². The fourth-order valence-electron chi connectivity index (χ4n) is 2.05. The molecule has 2 aromatic rings. The van der Waals surface area contributed by atoms with E-state index < -0.39 is 0 Å². The van der Waals surface area contributed by atoms with E-state index in [1.807, 2.05) is 0 Å². The zero-order chi connectivity index (χ0) is 12.3. The minimum atomic E-state index is 0.846. The van der Waals surface area contributed by atoms with Crippen molar-refractivity contribution in [3.05, 3.63) is 26.5 Å². The molecule has 17 heavy (non-hydrogen) atoms. The quantitative estimate of drug-likeness (QED) is 0.458. The first kappa shape index (κ1) is 13.1. The topological polar surface area (TPSA) is 20.7 Å². The van der Waals surface area contributed by atoms with E-state index in [0.29, 0.717) is 0 Å². The second kappa shape index (κ2) is 6.00. The summed E-state index contributed by atoms with van der Waals surface area (Å²) < 4.78 is 4.30. The third kappa shape index (κ3) is 3.10. The molecule has 1 aromatic heterocycles. The molecule has 2 nitrogen and oxygen atoms in total. The Balaban J connectivity index is 2.21. The molecule has 0 radical (unpaired) electrons. The number of nitrogens with zero attached hydrogens (tertiary/aromatic N) is 1. The van der Waals surface area contributed by atoms with E-state index >= 15 is 0 Å². The highest BCUT2D eigenvalue weighted by Gasteiger charge is 2.04. The number of aromatic amines is 1. The van der Waals surface area contributed by atoms with Crippen molar-refractivity contribution < 1.29 is 0 Å². The molecule has 4 heteroatoms. The Bertz CT molecular complexity index is 556. The molecule has 0 atom stereocenters. The lowest BCUT2D eigenvalue weighted by Gasteiger charge is -2.04. The monoisotopic (exact) mass is 360 g/mol. The third-order valence-electron chi connectivity index (χ3n) is 2.97. The van der Waals surface area contributed by atoms with Gasteiger partial charge in [0.15, 0.2) is 4.77 Å². The van der Waals surface area contributed by atoms with Crippen molar-refractivity contribution in [1.82, 2.24) is 9.55 Å². The Hall–Kier alpha value is -0.360. The molecule has 0 unspecified atom stereocenters. The number of H-pyrrole nitrogens is 1. The van der Waals surface area contributed by atoms with Gasteiger partial charge < -0.3 is 9.55 Å². The SMILES string of the molecule is CCCCCCn1c(=S)[nH]c2cc(I)ccc21. The predicted molar refractivity (Wildman–Crippen MR) is 84.0 cm³/mol. The summed E-state index contributed by atoms with van der Waals surface area (Å²) in [6.45, 7) is 3.26. The van der Waals surface area contributed by atoms with Crippen LogP contribution in [0.15, 0.2) is 18.2 Å². The van der Waals surface area contributed by atoms with Gasteiger partial charge in [0.25, 0.3) is 0 Å². The number of rotatable bonds is 5. The minimum absolute atomic E-state index is 0.846. The van der Waals surface area contributed by atoms with Crippen LogP contribution in [-0.2, 0) is 6.54 Å². The van der Waals surface area contributed by atoms with E-state index in [4.69, 9.17) is 12.2 Å². The van der Waals surface area contributed by atoms with Gasteiger partial charge in [0, 0.05) is 10.1 Å². The smallest absolute Gasteiger partial charge is 0.178 e. The fourth-order valence-corrected chi connectivity index (χ4v) is 2.85. The second-order valence-corrected chi connectivity index (χ2v) is 5.94. The van der Waals surface area contributed by atoms with Crippen molar-refractivity contribution in [3.63, 3.8) is 0 Å². The number of imidazole rings is 1. The molecule has 0 bridgehead atoms. The number of halogens is 1. The molecule has 0 saturated heterocycles. The standard InChI is InChI=1S/C13H17IN2S/c1-2-3-4-5-8-16-12-7-6-10(14)9-11(12)15-13(16)17/h6-7,9H,2-5,8H2,1H3,(H,15,17). The lowest BCUT2D eigenvalue weighted by Crippen LogP contribution is -1.97. The zero-order valence-corrected chi connectivity index (χ0v) is 13.0. The first-order valence-corrected chi connectivity index (χ1v) is 7.59. The summed E-state index contributed by atoms with van der Waals surface area (Å²) in [4.78, 5) is 3.28. The van der Waals surface area contributed by atoms with E-state index in [0.717, 1.165) is 16.8 Å². The maximum absolute atomic E-state index is 5.38. The summed E-state index contributed by atoms with van der Waals surface area (Å²) >= 11 is 7.70. The highest BCUT2D eigenvalue weighted by molar-refractivity contribution is 14.1. The summed E-state index contributed by atoms with van der Waals surface area (Å²) in [5, 5.41) is 0. The molecule has 1 heterocycles. The number of aryl methyl sites for hydroxylation is 1. The normalized spacial score (nSPS) is 11.2. The van der Waals surface area contributed by atoms with Crippen LogP contribution in [0.4, 0.5) is 0 Å². The molecule has 0 aliphatic heterocycles. The molecule has 0 amide bonds. The molecule has 1 N–H and O–H groups in total. The maximum atomic E-state index is 5.38. The van der Waals surface area contributed by atoms with Crippen LogP contribution in [0.3, 0.4) is 0 Å². The van der Waals surface area contributed by atoms with Gasteiger partial charge in [-0.15, -0.1) is 0 Å². The van der Waals surface area contributed by atoms with Gasteiger partial charge in [0.05, 0.1) is 11.0 Å². The van der Waals surface area contributed by atoms with Crippen LogP contribution in [0, 0.1) is 8.34 Å². The van der Waals surface area contributed by atoms with Crippen molar-refractivity contribution in [3.8, 4) is 0 Å². The van der Waals surface area contributed by atoms with E-state index in [-0.39, 0.29) is 0 Å². The summed E-state index contributed by atoms with van der Waals surface area (Å²) in [5.41, 5.74) is 2.38. The second-order valence-electron chi connectivity index (χ2n) is 4.30. The first-order valence-electron chi connectivity index (χ1n) is 6.10. The third-order valence-corrected chi connectivity index (χ3v) is 3.96. The predicted octanol–water partition coefficient (Wildman–Crippen LogP) is 4.88. The van der Waals surface area contributed by atoms with Crippen molar-refractivity contribution in [1.29, 1.82) is 0 Å². The summed E-state index contributed by atoms with van der Waals surface area (Å²) in [5.74, 6) is 0. The van der Waals surface area contributed by atoms with Gasteiger partial charge in [-0.2, -0.15) is 0 Å². The van der Waals surface area contributed by atoms with Gasteiger partial charge in [0.1, 0.15) is 0 Å². The van der Waals surface area contributed by atoms with E-state index in [9.17, 15) is 0 Å². The van der Waals surface area contributed by atoms with Gasteiger partial charge in [-0.3, -0.25) is 0 Å². The molecule has 0 aliphatic rings. The molecule has 0 fully saturated rings. The van der Waals surface area contributed by atoms with E-state index in [2.05, 4.69) is 57.3 Å². The Morgan fingerprint density at radius 3 is 2.88 bits per heavy atom. The van der Waals surface area contributed by atoms with Crippen LogP contribution in [0.25, 0.3) is 11.0 Å². The lowest BCUT2D eigenvalue weighted by atomic mass is 10.2. The van der Waals surface area contributed by atoms with Gasteiger partial charge in [-0.05, 0) is 59.4 Å². The first-order chi connectivity index (χ1) is 8.22. The van der Waals surface area contributed by atoms with Crippen LogP contribution in [-0.4, -0.2) is 9.55 Å². The molecule has 92 valence electrons. The van der Waals surface area contributed by atoms with E-state index in [1.54, 1.807) is 0 Å². The summed E-state index contributed by atoms with van der Waals surface area (Å²) in [7, 11) is 0. The van der Waals surface area contributed by atoms with Gasteiger partial charge in [-0.25, -0.2) is 0 Å².